The van der Waals surface area contributed by atoms with Crippen molar-refractivity contribution in [1.29, 1.82) is 0 Å². The summed E-state index contributed by atoms with van der Waals surface area (Å²) < 4.78 is 93.8. The van der Waals surface area contributed by atoms with Gasteiger partial charge >= 0.3 is 12.7 Å². The molecule has 4 rings (SSSR count). The van der Waals surface area contributed by atoms with Gasteiger partial charge in [0.2, 0.25) is 0 Å². The second-order valence-electron chi connectivity index (χ2n) is 7.67. The standard InChI is InChI=1S/C18H17F7N8O/c19-16(20)33-7-10(13(31-33)18(23,24)25)29-15(34)8-6-27-32-5-3-11(30-14(8)32)28-9-2-1-4-17(21,22)12(9)26/h3,5-7,9,12,16H,1-2,4,26H2,(H,28,30)(H,29,34)/t9-,12-/m1/s1. The predicted molar refractivity (Wildman–Crippen MR) is 104 cm³/mol. The molecule has 3 aromatic rings. The molecular weight excluding hydrogens is 477 g/mol. The topological polar surface area (TPSA) is 115 Å². The van der Waals surface area contributed by atoms with E-state index in [2.05, 4.69) is 20.5 Å². The van der Waals surface area contributed by atoms with Crippen LogP contribution in [0.5, 0.6) is 0 Å². The van der Waals surface area contributed by atoms with Crippen molar-refractivity contribution in [3.63, 3.8) is 0 Å². The zero-order chi connectivity index (χ0) is 24.8. The van der Waals surface area contributed by atoms with Gasteiger partial charge in [-0.15, -0.1) is 0 Å². The number of rotatable bonds is 5. The highest BCUT2D eigenvalue weighted by molar-refractivity contribution is 6.08. The first kappa shape index (κ1) is 23.7. The lowest BCUT2D eigenvalue weighted by atomic mass is 9.87. The first-order valence-electron chi connectivity index (χ1n) is 9.87. The van der Waals surface area contributed by atoms with Crippen LogP contribution < -0.4 is 16.4 Å². The molecule has 1 aliphatic carbocycles. The molecule has 1 fully saturated rings. The summed E-state index contributed by atoms with van der Waals surface area (Å²) in [4.78, 5) is 16.8. The van der Waals surface area contributed by atoms with Crippen LogP contribution >= 0.6 is 0 Å². The highest BCUT2D eigenvalue weighted by Gasteiger charge is 2.45. The number of nitrogens with zero attached hydrogens (tertiary/aromatic N) is 5. The summed E-state index contributed by atoms with van der Waals surface area (Å²) in [6, 6.07) is -0.886. The van der Waals surface area contributed by atoms with Crippen molar-refractivity contribution in [2.75, 3.05) is 10.6 Å². The maximum Gasteiger partial charge on any atom is 0.437 e. The van der Waals surface area contributed by atoms with E-state index in [1.165, 1.54) is 12.3 Å². The second kappa shape index (κ2) is 8.41. The number of nitrogens with one attached hydrogen (secondary N) is 2. The third kappa shape index (κ3) is 4.49. The summed E-state index contributed by atoms with van der Waals surface area (Å²) in [5.41, 5.74) is 2.56. The number of alkyl halides is 7. The molecule has 16 heteroatoms. The van der Waals surface area contributed by atoms with E-state index < -0.39 is 48.0 Å². The van der Waals surface area contributed by atoms with E-state index in [1.54, 1.807) is 0 Å². The van der Waals surface area contributed by atoms with Gasteiger partial charge in [-0.1, -0.05) is 0 Å². The Balaban J connectivity index is 1.60. The van der Waals surface area contributed by atoms with Gasteiger partial charge in [0.25, 0.3) is 11.8 Å². The SMILES string of the molecule is N[C@@H]1[C@H](Nc2ccn3ncc(C(=O)Nc4cn(C(F)F)nc4C(F)(F)F)c3n2)CCCC1(F)F. The molecule has 184 valence electrons. The summed E-state index contributed by atoms with van der Waals surface area (Å²) >= 11 is 0. The van der Waals surface area contributed by atoms with Crippen molar-refractivity contribution >= 4 is 23.1 Å². The summed E-state index contributed by atoms with van der Waals surface area (Å²) in [6.07, 6.45) is -2.16. The van der Waals surface area contributed by atoms with Crippen LogP contribution in [0.15, 0.2) is 24.7 Å². The number of nitrogens with two attached hydrogens (primary N) is 1. The van der Waals surface area contributed by atoms with Crippen molar-refractivity contribution in [2.24, 2.45) is 5.73 Å². The molecule has 0 saturated heterocycles. The zero-order valence-electron chi connectivity index (χ0n) is 17.0. The van der Waals surface area contributed by atoms with E-state index >= 15 is 0 Å². The van der Waals surface area contributed by atoms with E-state index in [9.17, 15) is 35.5 Å². The van der Waals surface area contributed by atoms with Gasteiger partial charge in [0.15, 0.2) is 11.3 Å². The Morgan fingerprint density at radius 3 is 2.71 bits per heavy atom. The van der Waals surface area contributed by atoms with E-state index in [0.29, 0.717) is 12.6 Å². The number of hydrogen-bond acceptors (Lipinski definition) is 6. The number of carbonyl (C=O) groups excluding carboxylic acids is 1. The molecule has 1 aliphatic rings. The average molecular weight is 494 g/mol. The van der Waals surface area contributed by atoms with Crippen molar-refractivity contribution in [2.45, 2.75) is 50.0 Å². The highest BCUT2D eigenvalue weighted by atomic mass is 19.4. The summed E-state index contributed by atoms with van der Waals surface area (Å²) in [6.45, 7) is -3.36. The Labute approximate surface area is 186 Å². The Kier molecular flexibility index (Phi) is 5.87. The lowest BCUT2D eigenvalue weighted by Crippen LogP contribution is -2.55. The first-order valence-corrected chi connectivity index (χ1v) is 9.87. The van der Waals surface area contributed by atoms with Crippen molar-refractivity contribution in [3.8, 4) is 0 Å². The minimum absolute atomic E-state index is 0.0849. The van der Waals surface area contributed by atoms with E-state index in [4.69, 9.17) is 5.73 Å². The zero-order valence-corrected chi connectivity index (χ0v) is 17.0. The van der Waals surface area contributed by atoms with Crippen molar-refractivity contribution in [1.82, 2.24) is 24.4 Å². The number of fused-ring (bicyclic) bond motifs is 1. The summed E-state index contributed by atoms with van der Waals surface area (Å²) in [5, 5.41) is 11.3. The predicted octanol–water partition coefficient (Wildman–Crippen LogP) is 3.52. The largest absolute Gasteiger partial charge is 0.437 e. The van der Waals surface area contributed by atoms with Gasteiger partial charge in [0.05, 0.1) is 24.1 Å². The molecule has 1 amide bonds. The van der Waals surface area contributed by atoms with Crippen molar-refractivity contribution < 1.29 is 35.5 Å². The molecule has 9 nitrogen and oxygen atoms in total. The first-order chi connectivity index (χ1) is 15.9. The van der Waals surface area contributed by atoms with Crippen LogP contribution in [0.25, 0.3) is 5.65 Å². The molecule has 0 aliphatic heterocycles. The molecule has 2 atom stereocenters. The minimum Gasteiger partial charge on any atom is -0.365 e. The molecule has 1 saturated carbocycles. The van der Waals surface area contributed by atoms with Crippen LogP contribution in [0.3, 0.4) is 0 Å². The Morgan fingerprint density at radius 1 is 1.29 bits per heavy atom. The van der Waals surface area contributed by atoms with Crippen molar-refractivity contribution in [3.05, 3.63) is 35.9 Å². The fraction of sp³-hybridized carbons (Fsp3) is 0.444. The van der Waals surface area contributed by atoms with Crippen LogP contribution in [0.2, 0.25) is 0 Å². The van der Waals surface area contributed by atoms with E-state index in [1.807, 2.05) is 5.32 Å². The molecule has 34 heavy (non-hydrogen) atoms. The number of aromatic nitrogens is 5. The second-order valence-corrected chi connectivity index (χ2v) is 7.67. The van der Waals surface area contributed by atoms with Crippen LogP contribution in [-0.2, 0) is 6.18 Å². The molecule has 4 N–H and O–H groups in total. The molecule has 0 bridgehead atoms. The van der Waals surface area contributed by atoms with Gasteiger partial charge in [-0.2, -0.15) is 32.1 Å². The summed E-state index contributed by atoms with van der Waals surface area (Å²) in [7, 11) is 0. The third-order valence-corrected chi connectivity index (χ3v) is 5.34. The van der Waals surface area contributed by atoms with E-state index in [-0.39, 0.29) is 34.6 Å². The number of amides is 1. The van der Waals surface area contributed by atoms with Crippen LogP contribution in [0.4, 0.5) is 42.2 Å². The molecule has 3 heterocycles. The molecular formula is C18H17F7N8O. The number of hydrogen-bond donors (Lipinski definition) is 3. The maximum atomic E-state index is 13.9. The molecule has 3 aromatic heterocycles. The van der Waals surface area contributed by atoms with Crippen LogP contribution in [0.1, 0.15) is 41.9 Å². The van der Waals surface area contributed by atoms with Gasteiger partial charge in [-0.25, -0.2) is 23.0 Å². The third-order valence-electron chi connectivity index (χ3n) is 5.34. The normalized spacial score (nSPS) is 20.6. The molecule has 0 spiro atoms. The maximum absolute atomic E-state index is 13.9. The average Bonchev–Trinajstić information content (AvgIpc) is 3.35. The van der Waals surface area contributed by atoms with Gasteiger partial charge in [-0.3, -0.25) is 4.79 Å². The Bertz CT molecular complexity index is 1200. The Morgan fingerprint density at radius 2 is 2.03 bits per heavy atom. The quantitative estimate of drug-likeness (QED) is 0.468. The number of anilines is 2. The molecule has 0 radical (unpaired) electrons. The fourth-order valence-corrected chi connectivity index (χ4v) is 3.64. The summed E-state index contributed by atoms with van der Waals surface area (Å²) in [5.74, 6) is -4.11. The smallest absolute Gasteiger partial charge is 0.365 e. The molecule has 0 unspecified atom stereocenters. The number of carbonyl (C=O) groups is 1. The Hall–Kier alpha value is -3.43. The van der Waals surface area contributed by atoms with Gasteiger partial charge in [0, 0.05) is 18.7 Å². The number of halogens is 7. The van der Waals surface area contributed by atoms with Gasteiger partial charge in [0.1, 0.15) is 11.4 Å². The van der Waals surface area contributed by atoms with Gasteiger partial charge in [-0.05, 0) is 18.9 Å². The van der Waals surface area contributed by atoms with E-state index in [0.717, 1.165) is 10.7 Å². The lowest BCUT2D eigenvalue weighted by Gasteiger charge is -2.36. The van der Waals surface area contributed by atoms with Crippen LogP contribution in [0, 0.1) is 0 Å². The van der Waals surface area contributed by atoms with Crippen LogP contribution in [-0.4, -0.2) is 48.3 Å². The monoisotopic (exact) mass is 494 g/mol. The molecule has 0 aromatic carbocycles. The lowest BCUT2D eigenvalue weighted by molar-refractivity contribution is -0.141. The van der Waals surface area contributed by atoms with Gasteiger partial charge < -0.3 is 16.4 Å². The fourth-order valence-electron chi connectivity index (χ4n) is 3.64. The minimum atomic E-state index is -5.11. The highest BCUT2D eigenvalue weighted by Crippen LogP contribution is 2.35.